The van der Waals surface area contributed by atoms with E-state index < -0.39 is 11.6 Å². The second kappa shape index (κ2) is 4.72. The molecule has 0 aliphatic carbocycles. The second-order valence-electron chi connectivity index (χ2n) is 3.63. The van der Waals surface area contributed by atoms with E-state index in [-0.39, 0.29) is 11.4 Å². The lowest BCUT2D eigenvalue weighted by atomic mass is 10.1. The molecule has 0 aliphatic heterocycles. The first-order chi connectivity index (χ1) is 8.61. The molecule has 2 aromatic carbocycles. The predicted molar refractivity (Wildman–Crippen MR) is 65.2 cm³/mol. The molecule has 0 unspecified atom stereocenters. The quantitative estimate of drug-likeness (QED) is 0.799. The van der Waals surface area contributed by atoms with E-state index in [0.29, 0.717) is 11.3 Å². The van der Waals surface area contributed by atoms with Gasteiger partial charge in [0.15, 0.2) is 0 Å². The Morgan fingerprint density at radius 3 is 2.56 bits per heavy atom. The molecule has 0 aliphatic rings. The molecule has 90 valence electrons. The van der Waals surface area contributed by atoms with E-state index in [4.69, 9.17) is 11.0 Å². The molecule has 0 saturated carbocycles. The van der Waals surface area contributed by atoms with Crippen LogP contribution in [0.15, 0.2) is 36.4 Å². The van der Waals surface area contributed by atoms with Crippen molar-refractivity contribution in [3.8, 4) is 6.07 Å². The van der Waals surface area contributed by atoms with Crippen LogP contribution in [0.5, 0.6) is 0 Å². The number of nitrogen functional groups attached to an aromatic ring is 1. The number of nitrogens with one attached hydrogen (secondary N) is 1. The summed E-state index contributed by atoms with van der Waals surface area (Å²) in [6.45, 7) is 0. The van der Waals surface area contributed by atoms with Crippen molar-refractivity contribution in [1.29, 1.82) is 5.26 Å². The predicted octanol–water partition coefficient (Wildman–Crippen LogP) is 3.16. The van der Waals surface area contributed by atoms with Crippen LogP contribution in [0.25, 0.3) is 0 Å². The van der Waals surface area contributed by atoms with Crippen molar-refractivity contribution in [2.45, 2.75) is 0 Å². The molecule has 0 fully saturated rings. The number of anilines is 3. The van der Waals surface area contributed by atoms with E-state index in [1.165, 1.54) is 6.07 Å². The Bertz CT molecular complexity index is 633. The largest absolute Gasteiger partial charge is 0.396 e. The molecule has 0 heterocycles. The molecule has 0 saturated heterocycles. The highest BCUT2D eigenvalue weighted by Crippen LogP contribution is 2.27. The number of nitriles is 1. The van der Waals surface area contributed by atoms with Gasteiger partial charge in [0, 0.05) is 6.07 Å². The summed E-state index contributed by atoms with van der Waals surface area (Å²) < 4.78 is 26.2. The lowest BCUT2D eigenvalue weighted by Gasteiger charge is -2.10. The topological polar surface area (TPSA) is 61.8 Å². The lowest BCUT2D eigenvalue weighted by Crippen LogP contribution is -2.00. The third kappa shape index (κ3) is 2.23. The van der Waals surface area contributed by atoms with Crippen LogP contribution in [0.4, 0.5) is 25.8 Å². The van der Waals surface area contributed by atoms with E-state index in [2.05, 4.69) is 5.32 Å². The summed E-state index contributed by atoms with van der Waals surface area (Å²) in [6.07, 6.45) is 0. The standard InChI is InChI=1S/C13H9F2N3/c14-9-4-5-11(10(15)6-9)18-12-3-1-2-8(7-16)13(12)17/h1-6,18H,17H2. The average Bonchev–Trinajstić information content (AvgIpc) is 2.35. The minimum atomic E-state index is -0.725. The number of para-hydroxylation sites is 1. The molecule has 2 aromatic rings. The first kappa shape index (κ1) is 11.9. The number of nitrogens with zero attached hydrogens (tertiary/aromatic N) is 1. The zero-order valence-corrected chi connectivity index (χ0v) is 9.24. The normalized spacial score (nSPS) is 9.83. The maximum atomic E-state index is 13.4. The highest BCUT2D eigenvalue weighted by atomic mass is 19.1. The summed E-state index contributed by atoms with van der Waals surface area (Å²) >= 11 is 0. The van der Waals surface area contributed by atoms with Crippen molar-refractivity contribution < 1.29 is 8.78 Å². The molecule has 3 N–H and O–H groups in total. The van der Waals surface area contributed by atoms with Crippen LogP contribution in [-0.2, 0) is 0 Å². The van der Waals surface area contributed by atoms with Crippen molar-refractivity contribution >= 4 is 17.1 Å². The molecular formula is C13H9F2N3. The molecule has 0 aromatic heterocycles. The van der Waals surface area contributed by atoms with Crippen LogP contribution in [0.2, 0.25) is 0 Å². The fraction of sp³-hybridized carbons (Fsp3) is 0. The second-order valence-corrected chi connectivity index (χ2v) is 3.63. The maximum absolute atomic E-state index is 13.4. The minimum Gasteiger partial charge on any atom is -0.396 e. The van der Waals surface area contributed by atoms with Crippen molar-refractivity contribution in [3.63, 3.8) is 0 Å². The molecule has 3 nitrogen and oxygen atoms in total. The summed E-state index contributed by atoms with van der Waals surface area (Å²) in [4.78, 5) is 0. The highest BCUT2D eigenvalue weighted by molar-refractivity contribution is 5.77. The van der Waals surface area contributed by atoms with Crippen LogP contribution < -0.4 is 11.1 Å². The smallest absolute Gasteiger partial charge is 0.149 e. The first-order valence-corrected chi connectivity index (χ1v) is 5.12. The van der Waals surface area contributed by atoms with Gasteiger partial charge in [-0.15, -0.1) is 0 Å². The van der Waals surface area contributed by atoms with Gasteiger partial charge in [0.05, 0.1) is 22.6 Å². The Morgan fingerprint density at radius 1 is 1.11 bits per heavy atom. The lowest BCUT2D eigenvalue weighted by molar-refractivity contribution is 0.586. The zero-order valence-electron chi connectivity index (χ0n) is 9.24. The number of hydrogen-bond donors (Lipinski definition) is 2. The molecule has 5 heteroatoms. The Hall–Kier alpha value is -2.61. The van der Waals surface area contributed by atoms with Crippen molar-refractivity contribution in [2.24, 2.45) is 0 Å². The van der Waals surface area contributed by atoms with E-state index in [9.17, 15) is 8.78 Å². The van der Waals surface area contributed by atoms with Crippen molar-refractivity contribution in [2.75, 3.05) is 11.1 Å². The summed E-state index contributed by atoms with van der Waals surface area (Å²) in [7, 11) is 0. The Kier molecular flexibility index (Phi) is 3.11. The number of rotatable bonds is 2. The average molecular weight is 245 g/mol. The number of halogens is 2. The fourth-order valence-electron chi connectivity index (χ4n) is 1.51. The summed E-state index contributed by atoms with van der Waals surface area (Å²) in [5.74, 6) is -1.38. The molecule has 0 spiro atoms. The van der Waals surface area contributed by atoms with Gasteiger partial charge in [0.1, 0.15) is 17.7 Å². The molecule has 0 bridgehead atoms. The molecule has 0 amide bonds. The van der Waals surface area contributed by atoms with Gasteiger partial charge in [0.2, 0.25) is 0 Å². The van der Waals surface area contributed by atoms with Gasteiger partial charge in [0.25, 0.3) is 0 Å². The summed E-state index contributed by atoms with van der Waals surface area (Å²) in [5.41, 5.74) is 6.76. The monoisotopic (exact) mass is 245 g/mol. The van der Waals surface area contributed by atoms with Gasteiger partial charge in [-0.05, 0) is 24.3 Å². The van der Waals surface area contributed by atoms with Crippen LogP contribution in [0.1, 0.15) is 5.56 Å². The van der Waals surface area contributed by atoms with Gasteiger partial charge in [-0.1, -0.05) is 6.07 Å². The van der Waals surface area contributed by atoms with Crippen LogP contribution in [0.3, 0.4) is 0 Å². The highest BCUT2D eigenvalue weighted by Gasteiger charge is 2.08. The van der Waals surface area contributed by atoms with E-state index in [1.54, 1.807) is 18.2 Å². The van der Waals surface area contributed by atoms with E-state index in [1.807, 2.05) is 6.07 Å². The van der Waals surface area contributed by atoms with Gasteiger partial charge in [-0.3, -0.25) is 0 Å². The fourth-order valence-corrected chi connectivity index (χ4v) is 1.51. The SMILES string of the molecule is N#Cc1cccc(Nc2ccc(F)cc2F)c1N. The third-order valence-electron chi connectivity index (χ3n) is 2.43. The molecule has 0 atom stereocenters. The van der Waals surface area contributed by atoms with E-state index >= 15 is 0 Å². The van der Waals surface area contributed by atoms with Gasteiger partial charge < -0.3 is 11.1 Å². The number of hydrogen-bond acceptors (Lipinski definition) is 3. The Morgan fingerprint density at radius 2 is 1.89 bits per heavy atom. The maximum Gasteiger partial charge on any atom is 0.149 e. The Labute approximate surface area is 102 Å². The third-order valence-corrected chi connectivity index (χ3v) is 2.43. The van der Waals surface area contributed by atoms with Gasteiger partial charge in [-0.25, -0.2) is 8.78 Å². The first-order valence-electron chi connectivity index (χ1n) is 5.12. The number of benzene rings is 2. The number of nitrogens with two attached hydrogens (primary N) is 1. The van der Waals surface area contributed by atoms with Crippen LogP contribution >= 0.6 is 0 Å². The van der Waals surface area contributed by atoms with Crippen LogP contribution in [0, 0.1) is 23.0 Å². The van der Waals surface area contributed by atoms with Gasteiger partial charge in [-0.2, -0.15) is 5.26 Å². The molecule has 18 heavy (non-hydrogen) atoms. The molecular weight excluding hydrogens is 236 g/mol. The van der Waals surface area contributed by atoms with Gasteiger partial charge >= 0.3 is 0 Å². The van der Waals surface area contributed by atoms with Crippen molar-refractivity contribution in [1.82, 2.24) is 0 Å². The van der Waals surface area contributed by atoms with Crippen molar-refractivity contribution in [3.05, 3.63) is 53.6 Å². The van der Waals surface area contributed by atoms with Crippen LogP contribution in [-0.4, -0.2) is 0 Å². The Balaban J connectivity index is 2.38. The minimum absolute atomic E-state index is 0.0955. The molecule has 0 radical (unpaired) electrons. The summed E-state index contributed by atoms with van der Waals surface area (Å²) in [5, 5.41) is 11.5. The summed E-state index contributed by atoms with van der Waals surface area (Å²) in [6, 6.07) is 9.89. The van der Waals surface area contributed by atoms with E-state index in [0.717, 1.165) is 12.1 Å². The molecule has 2 rings (SSSR count). The zero-order chi connectivity index (χ0) is 13.1.